The van der Waals surface area contributed by atoms with Crippen molar-refractivity contribution in [2.75, 3.05) is 41.7 Å². The normalized spacial score (nSPS) is 14.2. The van der Waals surface area contributed by atoms with Gasteiger partial charge in [0.05, 0.1) is 6.42 Å². The minimum Gasteiger partial charge on any atom is -0.381 e. The number of amides is 1. The number of benzene rings is 2. The minimum atomic E-state index is -0.647. The van der Waals surface area contributed by atoms with Crippen molar-refractivity contribution in [2.24, 2.45) is 5.73 Å². The molecule has 0 unspecified atom stereocenters. The molecule has 0 aliphatic carbocycles. The fourth-order valence-electron chi connectivity index (χ4n) is 4.36. The topological polar surface area (TPSA) is 86.5 Å². The minimum absolute atomic E-state index is 0.00804. The van der Waals surface area contributed by atoms with Gasteiger partial charge in [-0.2, -0.15) is 0 Å². The van der Waals surface area contributed by atoms with Crippen LogP contribution in [-0.2, 0) is 17.8 Å². The molecule has 1 aliphatic rings. The number of nitrogens with one attached hydrogen (secondary N) is 2. The Morgan fingerprint density at radius 3 is 2.31 bits per heavy atom. The molecule has 36 heavy (non-hydrogen) atoms. The van der Waals surface area contributed by atoms with E-state index in [0.717, 1.165) is 37.9 Å². The van der Waals surface area contributed by atoms with Gasteiger partial charge < -0.3 is 21.3 Å². The Morgan fingerprint density at radius 1 is 1.03 bits per heavy atom. The Kier molecular flexibility index (Phi) is 8.00. The smallest absolute Gasteiger partial charge is 0.221 e. The van der Waals surface area contributed by atoms with Crippen molar-refractivity contribution in [3.05, 3.63) is 77.5 Å². The van der Waals surface area contributed by atoms with E-state index < -0.39 is 17.5 Å². The standard InChI is InChI=1S/C27H32F2N6O/c1-18(2)34-7-9-35(10-8-34)24-5-3-23(4-6-24)33-27-15-25(20(17-32-27)13-26(30)36)31-16-19-11-21(28)14-22(29)12-19/h3-6,11-12,14-15,17-18H,7-10,13,16H2,1-2H3,(H2,30,36)(H2,31,32,33). The van der Waals surface area contributed by atoms with E-state index in [2.05, 4.69) is 51.4 Å². The van der Waals surface area contributed by atoms with Crippen LogP contribution in [-0.4, -0.2) is 48.0 Å². The van der Waals surface area contributed by atoms with E-state index >= 15 is 0 Å². The van der Waals surface area contributed by atoms with E-state index in [1.54, 1.807) is 12.3 Å². The van der Waals surface area contributed by atoms with Crippen LogP contribution >= 0.6 is 0 Å². The van der Waals surface area contributed by atoms with Crippen LogP contribution in [0.25, 0.3) is 0 Å². The molecule has 4 N–H and O–H groups in total. The third-order valence-electron chi connectivity index (χ3n) is 6.31. The Bertz CT molecular complexity index is 1170. The number of carbonyl (C=O) groups excluding carboxylic acids is 1. The van der Waals surface area contributed by atoms with Gasteiger partial charge in [0.1, 0.15) is 17.5 Å². The summed E-state index contributed by atoms with van der Waals surface area (Å²) in [6.45, 7) is 8.73. The van der Waals surface area contributed by atoms with Crippen LogP contribution in [0.3, 0.4) is 0 Å². The molecular weight excluding hydrogens is 462 g/mol. The van der Waals surface area contributed by atoms with E-state index in [0.29, 0.717) is 28.7 Å². The summed E-state index contributed by atoms with van der Waals surface area (Å²) >= 11 is 0. The highest BCUT2D eigenvalue weighted by Gasteiger charge is 2.19. The number of anilines is 4. The van der Waals surface area contributed by atoms with Crippen molar-refractivity contribution in [3.63, 3.8) is 0 Å². The van der Waals surface area contributed by atoms with Crippen LogP contribution in [0, 0.1) is 11.6 Å². The molecule has 3 aromatic rings. The lowest BCUT2D eigenvalue weighted by molar-refractivity contribution is -0.117. The molecule has 0 bridgehead atoms. The molecule has 190 valence electrons. The van der Waals surface area contributed by atoms with Gasteiger partial charge in [-0.1, -0.05) is 0 Å². The molecular formula is C27H32F2N6O. The summed E-state index contributed by atoms with van der Waals surface area (Å²) in [5.41, 5.74) is 9.08. The predicted molar refractivity (Wildman–Crippen MR) is 139 cm³/mol. The third kappa shape index (κ3) is 6.69. The lowest BCUT2D eigenvalue weighted by atomic mass is 10.1. The number of carbonyl (C=O) groups is 1. The Hall–Kier alpha value is -3.72. The first-order valence-corrected chi connectivity index (χ1v) is 12.1. The van der Waals surface area contributed by atoms with Crippen LogP contribution in [0.1, 0.15) is 25.0 Å². The third-order valence-corrected chi connectivity index (χ3v) is 6.31. The number of hydrogen-bond donors (Lipinski definition) is 3. The highest BCUT2D eigenvalue weighted by Crippen LogP contribution is 2.25. The molecule has 2 aromatic carbocycles. The van der Waals surface area contributed by atoms with E-state index in [4.69, 9.17) is 5.73 Å². The van der Waals surface area contributed by atoms with Crippen molar-refractivity contribution in [2.45, 2.75) is 32.9 Å². The molecule has 0 spiro atoms. The number of piperazine rings is 1. The molecule has 1 aliphatic heterocycles. The van der Waals surface area contributed by atoms with Crippen LogP contribution in [0.2, 0.25) is 0 Å². The summed E-state index contributed by atoms with van der Waals surface area (Å²) in [7, 11) is 0. The van der Waals surface area contributed by atoms with Crippen molar-refractivity contribution in [1.82, 2.24) is 9.88 Å². The molecule has 0 radical (unpaired) electrons. The van der Waals surface area contributed by atoms with E-state index in [1.165, 1.54) is 17.8 Å². The Balaban J connectivity index is 1.44. The lowest BCUT2D eigenvalue weighted by Crippen LogP contribution is -2.48. The molecule has 7 nitrogen and oxygen atoms in total. The van der Waals surface area contributed by atoms with E-state index in [-0.39, 0.29) is 13.0 Å². The second-order valence-corrected chi connectivity index (χ2v) is 9.29. The van der Waals surface area contributed by atoms with Crippen molar-refractivity contribution in [3.8, 4) is 0 Å². The van der Waals surface area contributed by atoms with E-state index in [1.807, 2.05) is 12.1 Å². The first-order chi connectivity index (χ1) is 17.3. The second-order valence-electron chi connectivity index (χ2n) is 9.29. The number of rotatable bonds is 9. The first kappa shape index (κ1) is 25.4. The molecule has 0 saturated carbocycles. The number of hydrogen-bond acceptors (Lipinski definition) is 6. The largest absolute Gasteiger partial charge is 0.381 e. The van der Waals surface area contributed by atoms with E-state index in [9.17, 15) is 13.6 Å². The zero-order chi connectivity index (χ0) is 25.7. The summed E-state index contributed by atoms with van der Waals surface area (Å²) in [6.07, 6.45) is 1.57. The zero-order valence-corrected chi connectivity index (χ0v) is 20.6. The van der Waals surface area contributed by atoms with Crippen LogP contribution < -0.4 is 21.3 Å². The van der Waals surface area contributed by atoms with Crippen LogP contribution in [0.5, 0.6) is 0 Å². The van der Waals surface area contributed by atoms with Crippen molar-refractivity contribution < 1.29 is 13.6 Å². The number of nitrogens with two attached hydrogens (primary N) is 1. The maximum Gasteiger partial charge on any atom is 0.221 e. The molecule has 0 atom stereocenters. The number of nitrogens with zero attached hydrogens (tertiary/aromatic N) is 3. The quantitative estimate of drug-likeness (QED) is 0.412. The van der Waals surface area contributed by atoms with Gasteiger partial charge in [-0.05, 0) is 55.8 Å². The first-order valence-electron chi connectivity index (χ1n) is 12.1. The predicted octanol–water partition coefficient (Wildman–Crippen LogP) is 4.27. The van der Waals surface area contributed by atoms with Crippen molar-refractivity contribution >= 4 is 28.8 Å². The van der Waals surface area contributed by atoms with Gasteiger partial charge in [-0.3, -0.25) is 9.69 Å². The fraction of sp³-hybridized carbons (Fsp3) is 0.333. The fourth-order valence-corrected chi connectivity index (χ4v) is 4.36. The molecule has 1 aromatic heterocycles. The summed E-state index contributed by atoms with van der Waals surface area (Å²) in [5.74, 6) is -1.23. The molecule has 1 amide bonds. The molecule has 1 saturated heterocycles. The summed E-state index contributed by atoms with van der Waals surface area (Å²) in [4.78, 5) is 20.8. The SMILES string of the molecule is CC(C)N1CCN(c2ccc(Nc3cc(NCc4cc(F)cc(F)c4)c(CC(N)=O)cn3)cc2)CC1. The van der Waals surface area contributed by atoms with Gasteiger partial charge in [0.25, 0.3) is 0 Å². The molecule has 9 heteroatoms. The van der Waals surface area contributed by atoms with Gasteiger partial charge in [-0.25, -0.2) is 13.8 Å². The van der Waals surface area contributed by atoms with Crippen LogP contribution in [0.4, 0.5) is 31.7 Å². The van der Waals surface area contributed by atoms with Gasteiger partial charge in [0, 0.05) is 79.7 Å². The monoisotopic (exact) mass is 494 g/mol. The maximum absolute atomic E-state index is 13.6. The van der Waals surface area contributed by atoms with Crippen molar-refractivity contribution in [1.29, 1.82) is 0 Å². The highest BCUT2D eigenvalue weighted by atomic mass is 19.1. The van der Waals surface area contributed by atoms with Gasteiger partial charge in [0.2, 0.25) is 5.91 Å². The van der Waals surface area contributed by atoms with Gasteiger partial charge in [0.15, 0.2) is 0 Å². The van der Waals surface area contributed by atoms with Crippen LogP contribution in [0.15, 0.2) is 54.7 Å². The average molecular weight is 495 g/mol. The number of aromatic nitrogens is 1. The molecule has 2 heterocycles. The molecule has 1 fully saturated rings. The molecule has 4 rings (SSSR count). The summed E-state index contributed by atoms with van der Waals surface area (Å²) < 4.78 is 27.1. The second kappa shape index (κ2) is 11.3. The van der Waals surface area contributed by atoms with Gasteiger partial charge >= 0.3 is 0 Å². The highest BCUT2D eigenvalue weighted by molar-refractivity contribution is 5.79. The lowest BCUT2D eigenvalue weighted by Gasteiger charge is -2.38. The number of pyridine rings is 1. The number of primary amides is 1. The Labute approximate surface area is 210 Å². The number of halogens is 2. The van der Waals surface area contributed by atoms with Gasteiger partial charge in [-0.15, -0.1) is 0 Å². The summed E-state index contributed by atoms with van der Waals surface area (Å²) in [6, 6.07) is 13.9. The Morgan fingerprint density at radius 2 is 1.69 bits per heavy atom. The zero-order valence-electron chi connectivity index (χ0n) is 20.6. The average Bonchev–Trinajstić information content (AvgIpc) is 2.84. The summed E-state index contributed by atoms with van der Waals surface area (Å²) in [5, 5.41) is 6.43. The maximum atomic E-state index is 13.6.